The predicted molar refractivity (Wildman–Crippen MR) is 46.0 cm³/mol. The molecule has 0 atom stereocenters. The van der Waals surface area contributed by atoms with Crippen LogP contribution in [0.2, 0.25) is 5.02 Å². The zero-order valence-electron chi connectivity index (χ0n) is 6.32. The summed E-state index contributed by atoms with van der Waals surface area (Å²) in [6, 6.07) is 1.43. The highest BCUT2D eigenvalue weighted by molar-refractivity contribution is 6.35. The number of nitrogens with zero attached hydrogens (tertiary/aromatic N) is 1. The number of carbonyl (C=O) groups is 1. The van der Waals surface area contributed by atoms with E-state index in [1.54, 1.807) is 0 Å². The Hall–Kier alpha value is -1.55. The third-order valence-electron chi connectivity index (χ3n) is 1.63. The smallest absolute Gasteiger partial charge is 0.337 e. The number of aromatic carboxylic acids is 1. The first-order chi connectivity index (χ1) is 6.18. The summed E-state index contributed by atoms with van der Waals surface area (Å²) in [4.78, 5) is 14.4. The molecule has 0 saturated heterocycles. The van der Waals surface area contributed by atoms with Gasteiger partial charge in [0.2, 0.25) is 5.71 Å². The van der Waals surface area contributed by atoms with Gasteiger partial charge in [0.05, 0.1) is 16.0 Å². The van der Waals surface area contributed by atoms with Gasteiger partial charge in [-0.2, -0.15) is 0 Å². The summed E-state index contributed by atoms with van der Waals surface area (Å²) in [6.45, 7) is 0. The maximum absolute atomic E-state index is 10.6. The molecule has 66 valence electrons. The first-order valence-corrected chi connectivity index (χ1v) is 3.82. The van der Waals surface area contributed by atoms with Crippen molar-refractivity contribution in [3.8, 4) is 0 Å². The molecule has 0 aliphatic rings. The lowest BCUT2D eigenvalue weighted by Gasteiger charge is -1.92. The summed E-state index contributed by atoms with van der Waals surface area (Å²) < 4.78 is 4.95. The van der Waals surface area contributed by atoms with E-state index in [1.807, 2.05) is 0 Å². The average Bonchev–Trinajstić information content (AvgIpc) is 2.47. The Morgan fingerprint density at radius 1 is 1.62 bits per heavy atom. The van der Waals surface area contributed by atoms with E-state index in [9.17, 15) is 4.79 Å². The van der Waals surface area contributed by atoms with Crippen molar-refractivity contribution in [1.29, 1.82) is 0 Å². The molecule has 0 aliphatic carbocycles. The molecular formula is C8H4ClNO3. The first kappa shape index (κ1) is 8.07. The Morgan fingerprint density at radius 2 is 2.38 bits per heavy atom. The highest BCUT2D eigenvalue weighted by Crippen LogP contribution is 2.24. The van der Waals surface area contributed by atoms with E-state index in [0.29, 0.717) is 16.1 Å². The quantitative estimate of drug-likeness (QED) is 0.761. The number of furan rings is 1. The van der Waals surface area contributed by atoms with E-state index in [0.717, 1.165) is 0 Å². The lowest BCUT2D eigenvalue weighted by Crippen LogP contribution is -1.96. The molecule has 0 fully saturated rings. The molecule has 2 aromatic rings. The van der Waals surface area contributed by atoms with Gasteiger partial charge < -0.3 is 9.52 Å². The van der Waals surface area contributed by atoms with Crippen LogP contribution in [0.15, 0.2) is 22.9 Å². The maximum Gasteiger partial charge on any atom is 0.337 e. The second-order valence-corrected chi connectivity index (χ2v) is 2.87. The molecule has 0 spiro atoms. The van der Waals surface area contributed by atoms with Crippen LogP contribution in [0.25, 0.3) is 11.1 Å². The van der Waals surface area contributed by atoms with Gasteiger partial charge in [0.1, 0.15) is 6.26 Å². The largest absolute Gasteiger partial charge is 0.478 e. The van der Waals surface area contributed by atoms with Crippen molar-refractivity contribution in [3.05, 3.63) is 29.1 Å². The number of halogens is 1. The van der Waals surface area contributed by atoms with Crippen LogP contribution in [0, 0.1) is 0 Å². The minimum atomic E-state index is -1.04. The molecule has 0 unspecified atom stereocenters. The number of carboxylic acid groups (broad SMARTS) is 1. The van der Waals surface area contributed by atoms with Crippen molar-refractivity contribution < 1.29 is 14.3 Å². The number of hydrogen-bond acceptors (Lipinski definition) is 3. The van der Waals surface area contributed by atoms with E-state index < -0.39 is 5.97 Å². The normalized spacial score (nSPS) is 10.5. The zero-order valence-corrected chi connectivity index (χ0v) is 7.08. The van der Waals surface area contributed by atoms with Crippen LogP contribution in [0.1, 0.15) is 10.4 Å². The Kier molecular flexibility index (Phi) is 1.70. The standard InChI is InChI=1S/C8H4ClNO3/c9-6-3-13-7-5(6)1-4(2-10-7)8(11)12/h1-3H,(H,11,12). The lowest BCUT2D eigenvalue weighted by molar-refractivity contribution is 0.0696. The van der Waals surface area contributed by atoms with Crippen LogP contribution in [0.3, 0.4) is 0 Å². The van der Waals surface area contributed by atoms with Gasteiger partial charge in [-0.1, -0.05) is 11.6 Å². The zero-order chi connectivity index (χ0) is 9.42. The van der Waals surface area contributed by atoms with Gasteiger partial charge in [-0.3, -0.25) is 0 Å². The molecule has 0 bridgehead atoms. The van der Waals surface area contributed by atoms with Crippen LogP contribution in [0.5, 0.6) is 0 Å². The monoisotopic (exact) mass is 197 g/mol. The molecular weight excluding hydrogens is 194 g/mol. The van der Waals surface area contributed by atoms with Crippen molar-refractivity contribution >= 4 is 28.7 Å². The van der Waals surface area contributed by atoms with Crippen molar-refractivity contribution in [2.75, 3.05) is 0 Å². The van der Waals surface area contributed by atoms with Crippen LogP contribution in [0.4, 0.5) is 0 Å². The predicted octanol–water partition coefficient (Wildman–Crippen LogP) is 2.18. The number of fused-ring (bicyclic) bond motifs is 1. The summed E-state index contributed by atoms with van der Waals surface area (Å²) in [5.41, 5.74) is 0.436. The molecule has 2 aromatic heterocycles. The molecule has 4 nitrogen and oxygen atoms in total. The fourth-order valence-electron chi connectivity index (χ4n) is 1.01. The van der Waals surface area contributed by atoms with Crippen molar-refractivity contribution in [2.24, 2.45) is 0 Å². The SMILES string of the molecule is O=C(O)c1cnc2occ(Cl)c2c1. The Morgan fingerprint density at radius 3 is 3.08 bits per heavy atom. The summed E-state index contributed by atoms with van der Waals surface area (Å²) in [7, 11) is 0. The molecule has 0 aromatic carbocycles. The third-order valence-corrected chi connectivity index (χ3v) is 1.92. The molecule has 2 heterocycles. The van der Waals surface area contributed by atoms with E-state index in [1.165, 1.54) is 18.5 Å². The van der Waals surface area contributed by atoms with E-state index in [-0.39, 0.29) is 5.56 Å². The summed E-state index contributed by atoms with van der Waals surface area (Å²) in [5.74, 6) is -1.04. The third kappa shape index (κ3) is 1.25. The Balaban J connectivity index is 2.72. The van der Waals surface area contributed by atoms with E-state index >= 15 is 0 Å². The number of carboxylic acids is 1. The van der Waals surface area contributed by atoms with Crippen LogP contribution < -0.4 is 0 Å². The van der Waals surface area contributed by atoms with Gasteiger partial charge in [-0.15, -0.1) is 0 Å². The number of hydrogen-bond donors (Lipinski definition) is 1. The molecule has 5 heteroatoms. The summed E-state index contributed by atoms with van der Waals surface area (Å²) in [5, 5.41) is 9.54. The van der Waals surface area contributed by atoms with Gasteiger partial charge in [0.15, 0.2) is 0 Å². The van der Waals surface area contributed by atoms with Crippen molar-refractivity contribution in [1.82, 2.24) is 4.98 Å². The minimum Gasteiger partial charge on any atom is -0.478 e. The minimum absolute atomic E-state index is 0.0933. The molecule has 0 amide bonds. The first-order valence-electron chi connectivity index (χ1n) is 3.44. The van der Waals surface area contributed by atoms with E-state index in [4.69, 9.17) is 21.1 Å². The molecule has 0 saturated carbocycles. The fourth-order valence-corrected chi connectivity index (χ4v) is 1.19. The van der Waals surface area contributed by atoms with Gasteiger partial charge in [0, 0.05) is 6.20 Å². The van der Waals surface area contributed by atoms with Crippen LogP contribution in [-0.2, 0) is 0 Å². The van der Waals surface area contributed by atoms with Crippen LogP contribution >= 0.6 is 11.6 Å². The van der Waals surface area contributed by atoms with Crippen LogP contribution in [-0.4, -0.2) is 16.1 Å². The molecule has 1 N–H and O–H groups in total. The van der Waals surface area contributed by atoms with Gasteiger partial charge in [0.25, 0.3) is 0 Å². The van der Waals surface area contributed by atoms with E-state index in [2.05, 4.69) is 4.98 Å². The number of rotatable bonds is 1. The average molecular weight is 198 g/mol. The molecule has 0 aliphatic heterocycles. The maximum atomic E-state index is 10.6. The van der Waals surface area contributed by atoms with Gasteiger partial charge >= 0.3 is 5.97 Å². The topological polar surface area (TPSA) is 63.3 Å². The summed E-state index contributed by atoms with van der Waals surface area (Å²) >= 11 is 5.72. The van der Waals surface area contributed by atoms with Gasteiger partial charge in [-0.05, 0) is 6.07 Å². The Labute approximate surface area is 77.8 Å². The van der Waals surface area contributed by atoms with Gasteiger partial charge in [-0.25, -0.2) is 9.78 Å². The number of aromatic nitrogens is 1. The number of pyridine rings is 1. The molecule has 0 radical (unpaired) electrons. The lowest BCUT2D eigenvalue weighted by atomic mass is 10.2. The second kappa shape index (κ2) is 2.74. The molecule has 13 heavy (non-hydrogen) atoms. The summed E-state index contributed by atoms with van der Waals surface area (Å²) in [6.07, 6.45) is 2.55. The second-order valence-electron chi connectivity index (χ2n) is 2.47. The Bertz CT molecular complexity index is 477. The highest BCUT2D eigenvalue weighted by atomic mass is 35.5. The molecule has 2 rings (SSSR count). The van der Waals surface area contributed by atoms with Crippen molar-refractivity contribution in [3.63, 3.8) is 0 Å². The highest BCUT2D eigenvalue weighted by Gasteiger charge is 2.09. The fraction of sp³-hybridized carbons (Fsp3) is 0. The van der Waals surface area contributed by atoms with Crippen molar-refractivity contribution in [2.45, 2.75) is 0 Å².